The predicted molar refractivity (Wildman–Crippen MR) is 93.1 cm³/mol. The maximum atomic E-state index is 13.5. The van der Waals surface area contributed by atoms with E-state index in [4.69, 9.17) is 4.74 Å². The lowest BCUT2D eigenvalue weighted by Crippen LogP contribution is -2.37. The second-order valence-electron chi connectivity index (χ2n) is 5.86. The molecule has 2 aromatic carbocycles. The van der Waals surface area contributed by atoms with Crippen LogP contribution >= 0.6 is 0 Å². The van der Waals surface area contributed by atoms with E-state index < -0.39 is 34.8 Å². The van der Waals surface area contributed by atoms with Crippen LogP contribution in [0.2, 0.25) is 0 Å². The van der Waals surface area contributed by atoms with Crippen LogP contribution in [0, 0.1) is 31.3 Å². The molecule has 0 unspecified atom stereocenters. The molecule has 2 rings (SSSR count). The molecule has 0 aliphatic heterocycles. The molecule has 0 aliphatic rings. The Balaban J connectivity index is 1.73. The molecular formula is C19H19F3N2O3. The Morgan fingerprint density at radius 1 is 0.926 bits per heavy atom. The lowest BCUT2D eigenvalue weighted by atomic mass is 10.1. The molecule has 27 heavy (non-hydrogen) atoms. The van der Waals surface area contributed by atoms with E-state index in [2.05, 4.69) is 10.6 Å². The zero-order chi connectivity index (χ0) is 20.0. The Hall–Kier alpha value is -3.03. The molecule has 0 radical (unpaired) electrons. The van der Waals surface area contributed by atoms with Gasteiger partial charge in [-0.3, -0.25) is 9.59 Å². The molecule has 144 valence electrons. The normalized spacial score (nSPS) is 10.4. The van der Waals surface area contributed by atoms with Gasteiger partial charge in [0.15, 0.2) is 24.1 Å². The molecule has 2 amide bonds. The standard InChI is InChI=1S/C19H19F3N2O3/c1-11-3-4-13(9-12(11)2)27-10-16(25)23-7-8-24-19(26)14-5-6-15(20)18(22)17(14)21/h3-6,9H,7-8,10H2,1-2H3,(H,23,25)(H,24,26). The Kier molecular flexibility index (Phi) is 6.81. The van der Waals surface area contributed by atoms with Gasteiger partial charge in [-0.25, -0.2) is 13.2 Å². The Morgan fingerprint density at radius 3 is 2.33 bits per heavy atom. The summed E-state index contributed by atoms with van der Waals surface area (Å²) in [5.74, 6) is -5.39. The van der Waals surface area contributed by atoms with Gasteiger partial charge in [0.25, 0.3) is 11.8 Å². The summed E-state index contributed by atoms with van der Waals surface area (Å²) in [7, 11) is 0. The van der Waals surface area contributed by atoms with Crippen molar-refractivity contribution in [3.63, 3.8) is 0 Å². The highest BCUT2D eigenvalue weighted by Crippen LogP contribution is 2.16. The molecule has 2 N–H and O–H groups in total. The number of aryl methyl sites for hydroxylation is 2. The molecule has 0 spiro atoms. The first-order valence-electron chi connectivity index (χ1n) is 8.18. The minimum Gasteiger partial charge on any atom is -0.484 e. The van der Waals surface area contributed by atoms with Gasteiger partial charge in [0.2, 0.25) is 0 Å². The van der Waals surface area contributed by atoms with Gasteiger partial charge in [-0.2, -0.15) is 0 Å². The van der Waals surface area contributed by atoms with Gasteiger partial charge in [0, 0.05) is 13.1 Å². The summed E-state index contributed by atoms with van der Waals surface area (Å²) in [6.45, 7) is 3.74. The number of halogens is 3. The van der Waals surface area contributed by atoms with E-state index >= 15 is 0 Å². The number of rotatable bonds is 7. The van der Waals surface area contributed by atoms with E-state index in [1.165, 1.54) is 0 Å². The number of benzene rings is 2. The van der Waals surface area contributed by atoms with Crippen LogP contribution < -0.4 is 15.4 Å². The minimum atomic E-state index is -1.71. The first-order chi connectivity index (χ1) is 12.8. The molecule has 0 heterocycles. The summed E-state index contributed by atoms with van der Waals surface area (Å²) in [4.78, 5) is 23.5. The monoisotopic (exact) mass is 380 g/mol. The molecule has 0 aromatic heterocycles. The van der Waals surface area contributed by atoms with E-state index in [-0.39, 0.29) is 19.7 Å². The summed E-state index contributed by atoms with van der Waals surface area (Å²) in [5, 5.41) is 4.82. The molecule has 0 saturated heterocycles. The number of hydrogen-bond donors (Lipinski definition) is 2. The molecule has 0 fully saturated rings. The van der Waals surface area contributed by atoms with Crippen molar-refractivity contribution in [3.8, 4) is 5.75 Å². The van der Waals surface area contributed by atoms with Gasteiger partial charge in [0.1, 0.15) is 5.75 Å². The zero-order valence-electron chi connectivity index (χ0n) is 14.9. The van der Waals surface area contributed by atoms with Crippen LogP contribution in [0.1, 0.15) is 21.5 Å². The van der Waals surface area contributed by atoms with Gasteiger partial charge < -0.3 is 15.4 Å². The fourth-order valence-electron chi connectivity index (χ4n) is 2.18. The lowest BCUT2D eigenvalue weighted by molar-refractivity contribution is -0.123. The average molecular weight is 380 g/mol. The third-order valence-electron chi connectivity index (χ3n) is 3.86. The van der Waals surface area contributed by atoms with E-state index in [9.17, 15) is 22.8 Å². The minimum absolute atomic E-state index is 0.0212. The van der Waals surface area contributed by atoms with Crippen LogP contribution in [-0.4, -0.2) is 31.5 Å². The van der Waals surface area contributed by atoms with Crippen molar-refractivity contribution in [2.24, 2.45) is 0 Å². The van der Waals surface area contributed by atoms with Crippen LogP contribution in [0.5, 0.6) is 5.75 Å². The van der Waals surface area contributed by atoms with Crippen LogP contribution in [0.3, 0.4) is 0 Å². The number of amides is 2. The van der Waals surface area contributed by atoms with E-state index in [1.807, 2.05) is 26.0 Å². The fourth-order valence-corrected chi connectivity index (χ4v) is 2.18. The SMILES string of the molecule is Cc1ccc(OCC(=O)NCCNC(=O)c2ccc(F)c(F)c2F)cc1C. The van der Waals surface area contributed by atoms with Gasteiger partial charge in [-0.1, -0.05) is 6.07 Å². The number of ether oxygens (including phenoxy) is 1. The lowest BCUT2D eigenvalue weighted by Gasteiger charge is -2.10. The quantitative estimate of drug-likeness (QED) is 0.573. The highest BCUT2D eigenvalue weighted by Gasteiger charge is 2.18. The number of hydrogen-bond acceptors (Lipinski definition) is 3. The Labute approximate surface area is 154 Å². The van der Waals surface area contributed by atoms with Crippen molar-refractivity contribution in [1.82, 2.24) is 10.6 Å². The largest absolute Gasteiger partial charge is 0.484 e. The summed E-state index contributed by atoms with van der Waals surface area (Å²) in [6.07, 6.45) is 0. The molecule has 0 atom stereocenters. The highest BCUT2D eigenvalue weighted by molar-refractivity contribution is 5.94. The molecule has 0 bridgehead atoms. The molecule has 2 aromatic rings. The maximum absolute atomic E-state index is 13.5. The van der Waals surface area contributed by atoms with Gasteiger partial charge in [0.05, 0.1) is 5.56 Å². The summed E-state index contributed by atoms with van der Waals surface area (Å²) in [6, 6.07) is 6.97. The molecule has 8 heteroatoms. The average Bonchev–Trinajstić information content (AvgIpc) is 2.64. The van der Waals surface area contributed by atoms with E-state index in [0.29, 0.717) is 11.8 Å². The molecule has 5 nitrogen and oxygen atoms in total. The Bertz CT molecular complexity index is 856. The first-order valence-corrected chi connectivity index (χ1v) is 8.18. The smallest absolute Gasteiger partial charge is 0.258 e. The van der Waals surface area contributed by atoms with Crippen molar-refractivity contribution in [2.45, 2.75) is 13.8 Å². The van der Waals surface area contributed by atoms with Crippen molar-refractivity contribution in [2.75, 3.05) is 19.7 Å². The molecule has 0 saturated carbocycles. The number of carbonyl (C=O) groups is 2. The second-order valence-corrected chi connectivity index (χ2v) is 5.86. The van der Waals surface area contributed by atoms with Crippen molar-refractivity contribution < 1.29 is 27.5 Å². The van der Waals surface area contributed by atoms with Crippen molar-refractivity contribution >= 4 is 11.8 Å². The van der Waals surface area contributed by atoms with Crippen molar-refractivity contribution in [3.05, 3.63) is 64.5 Å². The maximum Gasteiger partial charge on any atom is 0.258 e. The number of nitrogens with one attached hydrogen (secondary N) is 2. The van der Waals surface area contributed by atoms with Gasteiger partial charge in [-0.15, -0.1) is 0 Å². The van der Waals surface area contributed by atoms with E-state index in [0.717, 1.165) is 17.2 Å². The summed E-state index contributed by atoms with van der Waals surface area (Å²) in [5.41, 5.74) is 1.54. The predicted octanol–water partition coefficient (Wildman–Crippen LogP) is 2.65. The summed E-state index contributed by atoms with van der Waals surface area (Å²) >= 11 is 0. The van der Waals surface area contributed by atoms with Crippen LogP contribution in [0.25, 0.3) is 0 Å². The van der Waals surface area contributed by atoms with Crippen LogP contribution in [0.15, 0.2) is 30.3 Å². The van der Waals surface area contributed by atoms with Crippen LogP contribution in [0.4, 0.5) is 13.2 Å². The summed E-state index contributed by atoms with van der Waals surface area (Å²) < 4.78 is 44.8. The van der Waals surface area contributed by atoms with Crippen molar-refractivity contribution in [1.29, 1.82) is 0 Å². The van der Waals surface area contributed by atoms with Gasteiger partial charge >= 0.3 is 0 Å². The fraction of sp³-hybridized carbons (Fsp3) is 0.263. The third-order valence-corrected chi connectivity index (χ3v) is 3.86. The molecule has 0 aliphatic carbocycles. The van der Waals surface area contributed by atoms with Crippen LogP contribution in [-0.2, 0) is 4.79 Å². The zero-order valence-corrected chi connectivity index (χ0v) is 14.9. The first kappa shape index (κ1) is 20.3. The Morgan fingerprint density at radius 2 is 1.63 bits per heavy atom. The van der Waals surface area contributed by atoms with Gasteiger partial charge in [-0.05, 0) is 49.2 Å². The third kappa shape index (κ3) is 5.47. The van der Waals surface area contributed by atoms with E-state index in [1.54, 1.807) is 6.07 Å². The highest BCUT2D eigenvalue weighted by atomic mass is 19.2. The topological polar surface area (TPSA) is 67.4 Å². The second kappa shape index (κ2) is 9.07. The molecular weight excluding hydrogens is 361 g/mol. The number of carbonyl (C=O) groups excluding carboxylic acids is 2.